The number of alkyl halides is 2. The lowest BCUT2D eigenvalue weighted by molar-refractivity contribution is -0.137. The van der Waals surface area contributed by atoms with Crippen LogP contribution >= 0.6 is 7.60 Å². The van der Waals surface area contributed by atoms with Crippen molar-refractivity contribution in [3.05, 3.63) is 142 Å². The fraction of sp³-hybridized carbons (Fsp3) is 0.377. The summed E-state index contributed by atoms with van der Waals surface area (Å²) in [6, 6.07) is 20.6. The first-order valence-corrected chi connectivity index (χ1v) is 29.3. The molecule has 5 aromatic rings. The monoisotopic (exact) mass is 1150 g/mol. The second-order valence-electron chi connectivity index (χ2n) is 21.4. The molecule has 1 saturated heterocycles. The Kier molecular flexibility index (Phi) is 18.2. The lowest BCUT2D eigenvalue weighted by atomic mass is 9.85. The normalized spacial score (nSPS) is 18.3. The third-order valence-electron chi connectivity index (χ3n) is 15.8. The smallest absolute Gasteiger partial charge is 0.370 e. The molecule has 83 heavy (non-hydrogen) atoms. The molecule has 7 N–H and O–H groups in total. The number of nitrogens with two attached hydrogens (primary N) is 1. The molecule has 0 saturated carbocycles. The summed E-state index contributed by atoms with van der Waals surface area (Å²) in [6.07, 6.45) is 5.79. The molecule has 9 rings (SSSR count). The number of unbranched alkanes of at least 4 members (excludes halogenated alkanes) is 6. The van der Waals surface area contributed by atoms with Crippen molar-refractivity contribution in [2.45, 2.75) is 145 Å². The van der Waals surface area contributed by atoms with Crippen molar-refractivity contribution in [3.63, 3.8) is 0 Å². The number of halogens is 2. The zero-order valence-corrected chi connectivity index (χ0v) is 46.1. The Morgan fingerprint density at radius 3 is 2.30 bits per heavy atom. The Labute approximate surface area is 476 Å². The highest BCUT2D eigenvalue weighted by molar-refractivity contribution is 7.52. The second-order valence-corrected chi connectivity index (χ2v) is 23.1. The van der Waals surface area contributed by atoms with Crippen molar-refractivity contribution in [2.75, 3.05) is 4.90 Å². The molecule has 432 valence electrons. The van der Waals surface area contributed by atoms with E-state index < -0.39 is 84.2 Å². The number of piperidine rings is 1. The molecule has 4 aromatic carbocycles. The first-order chi connectivity index (χ1) is 39.7. The molecule has 1 unspecified atom stereocenters. The van der Waals surface area contributed by atoms with Crippen LogP contribution in [0.5, 0.6) is 0 Å². The quantitative estimate of drug-likeness (QED) is 0.0177. The van der Waals surface area contributed by atoms with Gasteiger partial charge in [0.25, 0.3) is 11.8 Å². The predicted molar refractivity (Wildman–Crippen MR) is 299 cm³/mol. The molecular formula is C61H62F2N7O12P. The summed E-state index contributed by atoms with van der Waals surface area (Å²) in [4.78, 5) is 147. The van der Waals surface area contributed by atoms with Crippen molar-refractivity contribution in [2.24, 2.45) is 5.73 Å². The molecule has 0 aliphatic carbocycles. The van der Waals surface area contributed by atoms with Crippen LogP contribution < -0.4 is 26.6 Å². The van der Waals surface area contributed by atoms with Crippen LogP contribution in [0.1, 0.15) is 150 Å². The summed E-state index contributed by atoms with van der Waals surface area (Å²) in [5, 5.41) is 8.07. The number of carbonyl (C=O) groups is 9. The number of hydrogen-bond donors (Lipinski definition) is 6. The lowest BCUT2D eigenvalue weighted by Gasteiger charge is -2.29. The molecule has 5 atom stereocenters. The molecule has 5 heterocycles. The molecular weight excluding hydrogens is 1090 g/mol. The minimum absolute atomic E-state index is 0.0427. The highest BCUT2D eigenvalue weighted by Crippen LogP contribution is 2.59. The number of rotatable bonds is 23. The number of imide groups is 1. The van der Waals surface area contributed by atoms with Gasteiger partial charge >= 0.3 is 13.3 Å². The van der Waals surface area contributed by atoms with E-state index >= 15 is 0 Å². The average molecular weight is 1150 g/mol. The molecule has 4 aliphatic heterocycles. The summed E-state index contributed by atoms with van der Waals surface area (Å²) in [5.41, 5.74) is 4.04. The molecule has 7 amide bonds. The minimum atomic E-state index is -5.91. The van der Waals surface area contributed by atoms with Crippen LogP contribution in [0.25, 0.3) is 10.9 Å². The number of anilines is 1. The summed E-state index contributed by atoms with van der Waals surface area (Å²) in [6.45, 7) is 0.245. The van der Waals surface area contributed by atoms with E-state index in [4.69, 9.17) is 5.73 Å². The summed E-state index contributed by atoms with van der Waals surface area (Å²) >= 11 is 0. The van der Waals surface area contributed by atoms with Gasteiger partial charge in [-0.3, -0.25) is 57.9 Å². The topological polar surface area (TPSA) is 293 Å². The van der Waals surface area contributed by atoms with E-state index in [2.05, 4.69) is 32.8 Å². The average Bonchev–Trinajstić information content (AvgIpc) is 4.13. The van der Waals surface area contributed by atoms with Crippen LogP contribution in [0.2, 0.25) is 0 Å². The van der Waals surface area contributed by atoms with Crippen LogP contribution in [0.4, 0.5) is 14.5 Å². The van der Waals surface area contributed by atoms with Crippen molar-refractivity contribution in [1.29, 1.82) is 0 Å². The van der Waals surface area contributed by atoms with Gasteiger partial charge in [-0.05, 0) is 85.0 Å². The van der Waals surface area contributed by atoms with Gasteiger partial charge in [0.15, 0.2) is 5.78 Å². The number of benzene rings is 4. The number of para-hydroxylation sites is 1. The van der Waals surface area contributed by atoms with Gasteiger partial charge in [0, 0.05) is 73.1 Å². The molecule has 0 radical (unpaired) electrons. The lowest BCUT2D eigenvalue weighted by Crippen LogP contribution is -2.56. The van der Waals surface area contributed by atoms with Gasteiger partial charge in [0.1, 0.15) is 29.6 Å². The fourth-order valence-corrected chi connectivity index (χ4v) is 11.9. The Morgan fingerprint density at radius 1 is 0.831 bits per heavy atom. The number of aromatic nitrogens is 1. The van der Waals surface area contributed by atoms with Crippen LogP contribution in [0.3, 0.4) is 0 Å². The number of ketones is 2. The number of nitrogens with zero attached hydrogens (tertiary/aromatic N) is 3. The number of amides is 7. The number of nitrogens with one attached hydrogen (secondary N) is 3. The maximum Gasteiger partial charge on any atom is 0.399 e. The molecule has 0 spiro atoms. The third-order valence-corrected chi connectivity index (χ3v) is 16.8. The Morgan fingerprint density at radius 2 is 1.55 bits per heavy atom. The number of carbonyl (C=O) groups excluding carboxylic acids is 9. The van der Waals surface area contributed by atoms with Gasteiger partial charge in [-0.2, -0.15) is 8.78 Å². The van der Waals surface area contributed by atoms with Crippen molar-refractivity contribution < 1.29 is 66.3 Å². The summed E-state index contributed by atoms with van der Waals surface area (Å²) in [5.74, 6) is 0.843. The Balaban J connectivity index is 0.797. The van der Waals surface area contributed by atoms with Crippen molar-refractivity contribution in [3.8, 4) is 11.8 Å². The van der Waals surface area contributed by atoms with E-state index in [1.807, 2.05) is 6.07 Å². The van der Waals surface area contributed by atoms with E-state index in [0.29, 0.717) is 47.2 Å². The van der Waals surface area contributed by atoms with E-state index in [1.165, 1.54) is 28.0 Å². The number of fused-ring (bicyclic) bond motifs is 2. The maximum absolute atomic E-state index is 14.6. The number of primary amides is 1. The third kappa shape index (κ3) is 13.3. The van der Waals surface area contributed by atoms with Gasteiger partial charge in [0.2, 0.25) is 29.5 Å². The summed E-state index contributed by atoms with van der Waals surface area (Å²) < 4.78 is 40.8. The van der Waals surface area contributed by atoms with E-state index in [0.717, 1.165) is 55.4 Å². The zero-order chi connectivity index (χ0) is 59.2. The van der Waals surface area contributed by atoms with Crippen LogP contribution in [-0.2, 0) is 63.2 Å². The highest BCUT2D eigenvalue weighted by Gasteiger charge is 2.51. The van der Waals surface area contributed by atoms with Gasteiger partial charge in [-0.1, -0.05) is 110 Å². The SMILES string of the molecule is NC(=O)CC[C@H](NC(=O)[C@@H]1Cc2cccc3c2N1C(=O)[C@@H](NC(=O)c1ccc2ccc(C(F)(F)P(=O)(O)O)cc2n1)CC3)C(=O)C[C@H](C(=O)CCCCCCCCC#Cc1cccc2c1CN(C1CCC(=O)NC1=O)C2=O)c1ccccc1. The first kappa shape index (κ1) is 59.3. The van der Waals surface area contributed by atoms with Gasteiger partial charge in [0.05, 0.1) is 17.2 Å². The number of pyridine rings is 1. The summed E-state index contributed by atoms with van der Waals surface area (Å²) in [7, 11) is -5.91. The van der Waals surface area contributed by atoms with E-state index in [-0.39, 0.29) is 92.1 Å². The van der Waals surface area contributed by atoms with Crippen molar-refractivity contribution >= 4 is 77.1 Å². The molecule has 1 aromatic heterocycles. The molecule has 0 bridgehead atoms. The zero-order valence-electron chi connectivity index (χ0n) is 45.2. The Hall–Kier alpha value is -8.31. The largest absolute Gasteiger partial charge is 0.399 e. The maximum atomic E-state index is 14.6. The highest BCUT2D eigenvalue weighted by atomic mass is 31.2. The number of Topliss-reactive ketones (excluding diaryl/α,β-unsaturated/α-hetero) is 2. The van der Waals surface area contributed by atoms with Crippen LogP contribution in [-0.4, -0.2) is 96.8 Å². The standard InChI is InChI=1S/C61H62F2N7O12P/c62-61(63,83(80,81)82)41-25-22-38-23-26-46(65-48(38)33-41)56(75)67-47-27-24-39-18-12-19-40-32-50(70(55(39)40)60(47)79)58(77)66-45(28-30-53(64)73)52(72)34-43(36-14-9-7-10-15-36)51(71)21-11-6-4-2-1-3-5-8-16-37-17-13-20-42-44(37)35-69(59(42)78)49-29-31-54(74)68-57(49)76/h7,9-10,12-15,17-20,22-23,25-26,33,43,45,47,49-50H,1-6,11,21,24,27-32,34-35H2,(H2,64,73)(H,66,77)(H,67,75)(H,68,74,76)(H2,80,81,82)/t43-,45-,47-,49?,50-/m0/s1. The molecule has 1 fully saturated rings. The predicted octanol–water partition coefficient (Wildman–Crippen LogP) is 6.46. The molecule has 4 aliphatic rings. The number of hydrogen-bond acceptors (Lipinski definition) is 11. The van der Waals surface area contributed by atoms with E-state index in [9.17, 15) is 66.3 Å². The first-order valence-electron chi connectivity index (χ1n) is 27.7. The van der Waals surface area contributed by atoms with Crippen molar-refractivity contribution in [1.82, 2.24) is 25.8 Å². The molecule has 22 heteroatoms. The van der Waals surface area contributed by atoms with Crippen LogP contribution in [0.15, 0.2) is 97.1 Å². The van der Waals surface area contributed by atoms with Gasteiger partial charge in [-0.15, -0.1) is 0 Å². The van der Waals surface area contributed by atoms with Crippen LogP contribution in [0, 0.1) is 11.8 Å². The van der Waals surface area contributed by atoms with Gasteiger partial charge < -0.3 is 31.1 Å². The van der Waals surface area contributed by atoms with Gasteiger partial charge in [-0.25, -0.2) is 4.98 Å². The fourth-order valence-electron chi connectivity index (χ4n) is 11.4. The Bertz CT molecular complexity index is 3540. The second kappa shape index (κ2) is 25.5. The minimum Gasteiger partial charge on any atom is -0.370 e. The van der Waals surface area contributed by atoms with E-state index in [1.54, 1.807) is 60.7 Å². The molecule has 19 nitrogen and oxygen atoms in total. The number of aryl methyl sites for hydroxylation is 1.